The van der Waals surface area contributed by atoms with Crippen molar-refractivity contribution in [3.8, 4) is 0 Å². The second-order valence-electron chi connectivity index (χ2n) is 5.51. The fraction of sp³-hybridized carbons (Fsp3) is 0.600. The maximum Gasteiger partial charge on any atom is 0.0707 e. The number of ether oxygens (including phenoxy) is 1. The van der Waals surface area contributed by atoms with Crippen molar-refractivity contribution in [1.29, 1.82) is 0 Å². The van der Waals surface area contributed by atoms with E-state index in [1.807, 2.05) is 0 Å². The Balaban J connectivity index is 1.45. The highest BCUT2D eigenvalue weighted by molar-refractivity contribution is 5.45. The van der Waals surface area contributed by atoms with Gasteiger partial charge in [-0.1, -0.05) is 12.1 Å². The first-order valence-corrected chi connectivity index (χ1v) is 6.98. The molecule has 2 fully saturated rings. The number of nitrogens with zero attached hydrogens (tertiary/aromatic N) is 1. The van der Waals surface area contributed by atoms with E-state index in [4.69, 9.17) is 4.74 Å². The average Bonchev–Trinajstić information content (AvgIpc) is 2.69. The molecule has 3 heteroatoms. The molecule has 3 nitrogen and oxygen atoms in total. The van der Waals surface area contributed by atoms with Crippen LogP contribution in [0.2, 0.25) is 0 Å². The summed E-state index contributed by atoms with van der Waals surface area (Å²) < 4.78 is 5.85. The van der Waals surface area contributed by atoms with E-state index < -0.39 is 0 Å². The minimum Gasteiger partial charge on any atom is -0.384 e. The Bertz CT molecular complexity index is 395. The molecule has 98 valence electrons. The van der Waals surface area contributed by atoms with Crippen molar-refractivity contribution >= 4 is 5.69 Å². The smallest absolute Gasteiger partial charge is 0.0707 e. The molecule has 2 aliphatic heterocycles. The lowest BCUT2D eigenvalue weighted by molar-refractivity contribution is -0.0368. The fourth-order valence-corrected chi connectivity index (χ4v) is 3.00. The van der Waals surface area contributed by atoms with Crippen molar-refractivity contribution in [1.82, 2.24) is 4.90 Å². The summed E-state index contributed by atoms with van der Waals surface area (Å²) in [5.74, 6) is 0. The molecule has 1 N–H and O–H groups in total. The minimum atomic E-state index is 0.503. The van der Waals surface area contributed by atoms with Crippen LogP contribution < -0.4 is 5.32 Å². The number of fused-ring (bicyclic) bond motifs is 2. The van der Waals surface area contributed by atoms with Gasteiger partial charge in [0.1, 0.15) is 0 Å². The molecule has 18 heavy (non-hydrogen) atoms. The molecule has 0 radical (unpaired) electrons. The molecule has 0 amide bonds. The predicted octanol–water partition coefficient (Wildman–Crippen LogP) is 2.27. The summed E-state index contributed by atoms with van der Waals surface area (Å²) in [6.07, 6.45) is 3.52. The molecule has 0 aliphatic carbocycles. The molecule has 2 aliphatic rings. The maximum atomic E-state index is 5.85. The van der Waals surface area contributed by atoms with E-state index in [2.05, 4.69) is 41.4 Å². The molecule has 1 aromatic rings. The summed E-state index contributed by atoms with van der Waals surface area (Å²) >= 11 is 0. The Labute approximate surface area is 109 Å². The normalized spacial score (nSPS) is 27.4. The van der Waals surface area contributed by atoms with E-state index in [9.17, 15) is 0 Å². The summed E-state index contributed by atoms with van der Waals surface area (Å²) in [6, 6.07) is 8.57. The van der Waals surface area contributed by atoms with Gasteiger partial charge in [0.25, 0.3) is 0 Å². The summed E-state index contributed by atoms with van der Waals surface area (Å²) in [5, 5.41) is 3.50. The van der Waals surface area contributed by atoms with Gasteiger partial charge in [-0.05, 0) is 37.5 Å². The van der Waals surface area contributed by atoms with Gasteiger partial charge in [0.05, 0.1) is 12.2 Å². The Morgan fingerprint density at radius 1 is 1.28 bits per heavy atom. The molecule has 1 aromatic carbocycles. The van der Waals surface area contributed by atoms with Gasteiger partial charge < -0.3 is 10.1 Å². The van der Waals surface area contributed by atoms with Gasteiger partial charge in [-0.2, -0.15) is 0 Å². The van der Waals surface area contributed by atoms with E-state index in [1.54, 1.807) is 0 Å². The van der Waals surface area contributed by atoms with Crippen LogP contribution in [0.5, 0.6) is 0 Å². The Morgan fingerprint density at radius 3 is 2.78 bits per heavy atom. The number of anilines is 1. The van der Waals surface area contributed by atoms with Crippen LogP contribution in [0.25, 0.3) is 0 Å². The maximum absolute atomic E-state index is 5.85. The first kappa shape index (κ1) is 12.0. The van der Waals surface area contributed by atoms with Gasteiger partial charge in [-0.15, -0.1) is 0 Å². The van der Waals surface area contributed by atoms with Crippen LogP contribution in [0, 0.1) is 6.92 Å². The average molecular weight is 246 g/mol. The van der Waals surface area contributed by atoms with Crippen LogP contribution in [0.15, 0.2) is 24.3 Å². The molecular formula is C15H22N2O. The lowest BCUT2D eigenvalue weighted by Gasteiger charge is -2.32. The highest BCUT2D eigenvalue weighted by atomic mass is 16.5. The summed E-state index contributed by atoms with van der Waals surface area (Å²) in [5.41, 5.74) is 2.54. The number of hydrogen-bond donors (Lipinski definition) is 1. The van der Waals surface area contributed by atoms with Crippen LogP contribution in [0.1, 0.15) is 18.4 Å². The Kier molecular flexibility index (Phi) is 3.52. The fourth-order valence-electron chi connectivity index (χ4n) is 3.00. The van der Waals surface area contributed by atoms with Crippen molar-refractivity contribution in [3.63, 3.8) is 0 Å². The largest absolute Gasteiger partial charge is 0.384 e. The highest BCUT2D eigenvalue weighted by Crippen LogP contribution is 2.25. The van der Waals surface area contributed by atoms with E-state index in [0.29, 0.717) is 12.2 Å². The number of likely N-dealkylation sites (tertiary alicyclic amines) is 1. The van der Waals surface area contributed by atoms with Gasteiger partial charge in [0.15, 0.2) is 0 Å². The summed E-state index contributed by atoms with van der Waals surface area (Å²) in [4.78, 5) is 2.54. The Morgan fingerprint density at radius 2 is 2.06 bits per heavy atom. The lowest BCUT2D eigenvalue weighted by Crippen LogP contribution is -2.44. The predicted molar refractivity (Wildman–Crippen MR) is 74.0 cm³/mol. The molecular weight excluding hydrogens is 224 g/mol. The van der Waals surface area contributed by atoms with Crippen LogP contribution in [-0.2, 0) is 4.74 Å². The van der Waals surface area contributed by atoms with Crippen molar-refractivity contribution in [2.24, 2.45) is 0 Å². The second-order valence-corrected chi connectivity index (χ2v) is 5.51. The summed E-state index contributed by atoms with van der Waals surface area (Å²) in [6.45, 7) is 6.50. The quantitative estimate of drug-likeness (QED) is 0.882. The van der Waals surface area contributed by atoms with Gasteiger partial charge in [0.2, 0.25) is 0 Å². The van der Waals surface area contributed by atoms with Crippen molar-refractivity contribution in [2.75, 3.05) is 31.5 Å². The van der Waals surface area contributed by atoms with Gasteiger partial charge in [-0.25, -0.2) is 0 Å². The third kappa shape index (κ3) is 2.85. The molecule has 2 bridgehead atoms. The third-order valence-electron chi connectivity index (χ3n) is 3.89. The lowest BCUT2D eigenvalue weighted by atomic mass is 10.2. The Hall–Kier alpha value is -1.06. The molecule has 0 saturated carbocycles. The zero-order chi connectivity index (χ0) is 12.4. The number of aryl methyl sites for hydroxylation is 1. The SMILES string of the molecule is Cc1cccc(NCCN2CC3CCC(C2)O3)c1. The number of nitrogens with one attached hydrogen (secondary N) is 1. The second kappa shape index (κ2) is 5.29. The minimum absolute atomic E-state index is 0.503. The van der Waals surface area contributed by atoms with Gasteiger partial charge in [-0.3, -0.25) is 4.90 Å². The molecule has 2 unspecified atom stereocenters. The van der Waals surface area contributed by atoms with Crippen molar-refractivity contribution in [3.05, 3.63) is 29.8 Å². The van der Waals surface area contributed by atoms with Crippen LogP contribution >= 0.6 is 0 Å². The van der Waals surface area contributed by atoms with E-state index in [0.717, 1.165) is 26.2 Å². The molecule has 0 spiro atoms. The van der Waals surface area contributed by atoms with E-state index in [-0.39, 0.29) is 0 Å². The molecule has 2 heterocycles. The first-order chi connectivity index (χ1) is 8.79. The molecule has 2 saturated heterocycles. The van der Waals surface area contributed by atoms with Gasteiger partial charge >= 0.3 is 0 Å². The van der Waals surface area contributed by atoms with Crippen LogP contribution in [0.4, 0.5) is 5.69 Å². The van der Waals surface area contributed by atoms with Crippen LogP contribution in [0.3, 0.4) is 0 Å². The molecule has 3 rings (SSSR count). The number of morpholine rings is 1. The van der Waals surface area contributed by atoms with Crippen molar-refractivity contribution in [2.45, 2.75) is 32.0 Å². The highest BCUT2D eigenvalue weighted by Gasteiger charge is 2.33. The van der Waals surface area contributed by atoms with Crippen LogP contribution in [-0.4, -0.2) is 43.3 Å². The number of hydrogen-bond acceptors (Lipinski definition) is 3. The standard InChI is InChI=1S/C15H22N2O/c1-12-3-2-4-13(9-12)16-7-8-17-10-14-5-6-15(11-17)18-14/h2-4,9,14-16H,5-8,10-11H2,1H3. The molecule has 0 aromatic heterocycles. The van der Waals surface area contributed by atoms with Gasteiger partial charge in [0, 0.05) is 31.9 Å². The topological polar surface area (TPSA) is 24.5 Å². The zero-order valence-electron chi connectivity index (χ0n) is 11.1. The number of rotatable bonds is 4. The van der Waals surface area contributed by atoms with Crippen molar-refractivity contribution < 1.29 is 4.74 Å². The van der Waals surface area contributed by atoms with E-state index in [1.165, 1.54) is 24.1 Å². The monoisotopic (exact) mass is 246 g/mol. The molecule has 2 atom stereocenters. The third-order valence-corrected chi connectivity index (χ3v) is 3.89. The summed E-state index contributed by atoms with van der Waals surface area (Å²) in [7, 11) is 0. The first-order valence-electron chi connectivity index (χ1n) is 6.98. The number of benzene rings is 1. The van der Waals surface area contributed by atoms with E-state index >= 15 is 0 Å². The zero-order valence-corrected chi connectivity index (χ0v) is 11.1.